The third-order valence-electron chi connectivity index (χ3n) is 3.55. The van der Waals surface area contributed by atoms with Gasteiger partial charge in [-0.25, -0.2) is 0 Å². The predicted octanol–water partition coefficient (Wildman–Crippen LogP) is 2.67. The summed E-state index contributed by atoms with van der Waals surface area (Å²) >= 11 is 0. The van der Waals surface area contributed by atoms with Crippen molar-refractivity contribution in [2.45, 2.75) is 32.7 Å². The summed E-state index contributed by atoms with van der Waals surface area (Å²) in [5, 5.41) is 9.23. The van der Waals surface area contributed by atoms with Gasteiger partial charge in [0.1, 0.15) is 5.75 Å². The summed E-state index contributed by atoms with van der Waals surface area (Å²) in [5.41, 5.74) is 1.31. The highest BCUT2D eigenvalue weighted by Crippen LogP contribution is 2.20. The zero-order chi connectivity index (χ0) is 11.5. The molecule has 0 spiro atoms. The average molecular weight is 219 g/mol. The fraction of sp³-hybridized carbons (Fsp3) is 0.571. The van der Waals surface area contributed by atoms with Gasteiger partial charge in [0.15, 0.2) is 0 Å². The first-order valence-electron chi connectivity index (χ1n) is 6.17. The van der Waals surface area contributed by atoms with Crippen LogP contribution < -0.4 is 0 Å². The molecular weight excluding hydrogens is 198 g/mol. The minimum atomic E-state index is 0.353. The van der Waals surface area contributed by atoms with Crippen LogP contribution in [0.1, 0.15) is 25.8 Å². The second-order valence-electron chi connectivity index (χ2n) is 5.11. The molecule has 2 unspecified atom stereocenters. The van der Waals surface area contributed by atoms with Crippen molar-refractivity contribution < 1.29 is 5.11 Å². The first kappa shape index (κ1) is 11.5. The van der Waals surface area contributed by atoms with Gasteiger partial charge in [0, 0.05) is 12.6 Å². The highest BCUT2D eigenvalue weighted by atomic mass is 16.3. The molecule has 1 heterocycles. The summed E-state index contributed by atoms with van der Waals surface area (Å²) in [4.78, 5) is 2.57. The highest BCUT2D eigenvalue weighted by molar-refractivity contribution is 5.26. The maximum absolute atomic E-state index is 9.23. The highest BCUT2D eigenvalue weighted by Gasteiger charge is 2.22. The quantitative estimate of drug-likeness (QED) is 0.845. The van der Waals surface area contributed by atoms with Crippen molar-refractivity contribution in [2.24, 2.45) is 5.92 Å². The summed E-state index contributed by atoms with van der Waals surface area (Å²) in [5.74, 6) is 1.20. The lowest BCUT2D eigenvalue weighted by atomic mass is 10.1. The van der Waals surface area contributed by atoms with Gasteiger partial charge in [-0.3, -0.25) is 0 Å². The fourth-order valence-electron chi connectivity index (χ4n) is 2.47. The molecule has 1 saturated heterocycles. The standard InChI is InChI=1S/C14H21NO/c1-11-7-8-15(10-11)12(2)9-13-3-5-14(16)6-4-13/h3-6,11-12,16H,7-10H2,1-2H3. The third kappa shape index (κ3) is 2.76. The number of hydrogen-bond acceptors (Lipinski definition) is 2. The number of benzene rings is 1. The van der Waals surface area contributed by atoms with Gasteiger partial charge in [-0.2, -0.15) is 0 Å². The fourth-order valence-corrected chi connectivity index (χ4v) is 2.47. The first-order chi connectivity index (χ1) is 7.65. The molecule has 0 saturated carbocycles. The Bertz CT molecular complexity index is 333. The van der Waals surface area contributed by atoms with Gasteiger partial charge < -0.3 is 10.0 Å². The normalized spacial score (nSPS) is 23.5. The lowest BCUT2D eigenvalue weighted by Crippen LogP contribution is -2.32. The molecule has 0 bridgehead atoms. The van der Waals surface area contributed by atoms with Crippen LogP contribution in [0.4, 0.5) is 0 Å². The molecule has 0 aromatic heterocycles. The molecule has 0 amide bonds. The Balaban J connectivity index is 1.91. The lowest BCUT2D eigenvalue weighted by Gasteiger charge is -2.24. The molecule has 1 aliphatic heterocycles. The Morgan fingerprint density at radius 1 is 1.38 bits per heavy atom. The second kappa shape index (κ2) is 4.88. The number of phenols is 1. The molecule has 16 heavy (non-hydrogen) atoms. The number of hydrogen-bond donors (Lipinski definition) is 1. The number of aromatic hydroxyl groups is 1. The summed E-state index contributed by atoms with van der Waals surface area (Å²) < 4.78 is 0. The molecule has 1 aromatic rings. The van der Waals surface area contributed by atoms with Crippen molar-refractivity contribution in [3.05, 3.63) is 29.8 Å². The second-order valence-corrected chi connectivity index (χ2v) is 5.11. The maximum atomic E-state index is 9.23. The van der Waals surface area contributed by atoms with E-state index < -0.39 is 0 Å². The van der Waals surface area contributed by atoms with Crippen LogP contribution in [-0.2, 0) is 6.42 Å². The third-order valence-corrected chi connectivity index (χ3v) is 3.55. The van der Waals surface area contributed by atoms with Crippen LogP contribution in [0.5, 0.6) is 5.75 Å². The van der Waals surface area contributed by atoms with E-state index in [1.807, 2.05) is 12.1 Å². The zero-order valence-corrected chi connectivity index (χ0v) is 10.2. The van der Waals surface area contributed by atoms with E-state index in [9.17, 15) is 5.11 Å². The molecule has 1 fully saturated rings. The van der Waals surface area contributed by atoms with E-state index in [2.05, 4.69) is 18.7 Å². The maximum Gasteiger partial charge on any atom is 0.115 e. The van der Waals surface area contributed by atoms with Crippen LogP contribution in [0.3, 0.4) is 0 Å². The van der Waals surface area contributed by atoms with Crippen LogP contribution in [0.25, 0.3) is 0 Å². The summed E-state index contributed by atoms with van der Waals surface area (Å²) in [6, 6.07) is 8.19. The Kier molecular flexibility index (Phi) is 3.49. The molecule has 1 N–H and O–H groups in total. The molecule has 1 aromatic carbocycles. The Labute approximate surface area is 97.9 Å². The van der Waals surface area contributed by atoms with Gasteiger partial charge >= 0.3 is 0 Å². The molecular formula is C14H21NO. The molecule has 1 aliphatic rings. The van der Waals surface area contributed by atoms with Gasteiger partial charge in [-0.1, -0.05) is 19.1 Å². The Morgan fingerprint density at radius 3 is 2.62 bits per heavy atom. The summed E-state index contributed by atoms with van der Waals surface area (Å²) in [6.45, 7) is 7.10. The smallest absolute Gasteiger partial charge is 0.115 e. The van der Waals surface area contributed by atoms with Gasteiger partial charge in [-0.15, -0.1) is 0 Å². The zero-order valence-electron chi connectivity index (χ0n) is 10.2. The van der Waals surface area contributed by atoms with E-state index in [1.54, 1.807) is 12.1 Å². The summed E-state index contributed by atoms with van der Waals surface area (Å²) in [6.07, 6.45) is 2.41. The Morgan fingerprint density at radius 2 is 2.06 bits per heavy atom. The van der Waals surface area contributed by atoms with Gasteiger partial charge in [0.2, 0.25) is 0 Å². The molecule has 88 valence electrons. The van der Waals surface area contributed by atoms with Crippen LogP contribution in [0, 0.1) is 5.92 Å². The number of likely N-dealkylation sites (tertiary alicyclic amines) is 1. The van der Waals surface area contributed by atoms with Crippen molar-refractivity contribution in [1.29, 1.82) is 0 Å². The van der Waals surface area contributed by atoms with E-state index in [0.29, 0.717) is 11.8 Å². The van der Waals surface area contributed by atoms with E-state index in [4.69, 9.17) is 0 Å². The van der Waals surface area contributed by atoms with Gasteiger partial charge in [0.25, 0.3) is 0 Å². The molecule has 2 rings (SSSR count). The number of phenolic OH excluding ortho intramolecular Hbond substituents is 1. The van der Waals surface area contributed by atoms with Gasteiger partial charge in [0.05, 0.1) is 0 Å². The molecule has 0 radical (unpaired) electrons. The van der Waals surface area contributed by atoms with E-state index in [1.165, 1.54) is 25.1 Å². The van der Waals surface area contributed by atoms with E-state index in [-0.39, 0.29) is 0 Å². The number of rotatable bonds is 3. The van der Waals surface area contributed by atoms with E-state index >= 15 is 0 Å². The SMILES string of the molecule is CC1CCN(C(C)Cc2ccc(O)cc2)C1. The van der Waals surface area contributed by atoms with Crippen LogP contribution >= 0.6 is 0 Å². The van der Waals surface area contributed by atoms with Gasteiger partial charge in [-0.05, 0) is 49.9 Å². The summed E-state index contributed by atoms with van der Waals surface area (Å²) in [7, 11) is 0. The lowest BCUT2D eigenvalue weighted by molar-refractivity contribution is 0.250. The van der Waals surface area contributed by atoms with Crippen LogP contribution in [0.15, 0.2) is 24.3 Å². The molecule has 2 atom stereocenters. The first-order valence-corrected chi connectivity index (χ1v) is 6.17. The average Bonchev–Trinajstić information content (AvgIpc) is 2.68. The molecule has 2 nitrogen and oxygen atoms in total. The minimum absolute atomic E-state index is 0.353. The van der Waals surface area contributed by atoms with E-state index in [0.717, 1.165) is 12.3 Å². The van der Waals surface area contributed by atoms with Crippen molar-refractivity contribution in [1.82, 2.24) is 4.90 Å². The number of nitrogens with zero attached hydrogens (tertiary/aromatic N) is 1. The monoisotopic (exact) mass is 219 g/mol. The topological polar surface area (TPSA) is 23.5 Å². The van der Waals surface area contributed by atoms with Crippen molar-refractivity contribution in [3.8, 4) is 5.75 Å². The molecule has 0 aliphatic carbocycles. The van der Waals surface area contributed by atoms with Crippen LogP contribution in [-0.4, -0.2) is 29.1 Å². The van der Waals surface area contributed by atoms with Crippen LogP contribution in [0.2, 0.25) is 0 Å². The molecule has 2 heteroatoms. The van der Waals surface area contributed by atoms with Crippen molar-refractivity contribution in [3.63, 3.8) is 0 Å². The predicted molar refractivity (Wildman–Crippen MR) is 66.6 cm³/mol. The minimum Gasteiger partial charge on any atom is -0.508 e. The largest absolute Gasteiger partial charge is 0.508 e. The van der Waals surface area contributed by atoms with Crippen molar-refractivity contribution in [2.75, 3.05) is 13.1 Å². The Hall–Kier alpha value is -1.02. The van der Waals surface area contributed by atoms with Crippen molar-refractivity contribution >= 4 is 0 Å².